The molecule has 0 bridgehead atoms. The molecule has 188 valence electrons. The first kappa shape index (κ1) is 63.3. The van der Waals surface area contributed by atoms with Crippen LogP contribution in [0.2, 0.25) is 0 Å². The fourth-order valence-electron chi connectivity index (χ4n) is 0. The molecule has 0 aromatic heterocycles. The first-order valence-electron chi connectivity index (χ1n) is 3.83. The molecule has 0 aliphatic carbocycles. The van der Waals surface area contributed by atoms with Crippen molar-refractivity contribution in [2.45, 2.75) is 0 Å². The fourth-order valence-corrected chi connectivity index (χ4v) is 0. The maximum Gasteiger partial charge on any atom is 3.00 e. The van der Waals surface area contributed by atoms with Crippen molar-refractivity contribution < 1.29 is 141 Å². The number of nitrogens with zero attached hydrogens (tertiary/aromatic N) is 3. The Bertz CT molecular complexity index is 419. The van der Waals surface area contributed by atoms with E-state index in [0.29, 0.717) is 0 Å². The number of hydrogen-bond acceptors (Lipinski definition) is 21. The summed E-state index contributed by atoms with van der Waals surface area (Å²) in [4.78, 5) is 102. The van der Waals surface area contributed by atoms with Gasteiger partial charge in [0.25, 0.3) is 0 Å². The Morgan fingerprint density at radius 3 is 0.355 bits per heavy atom. The summed E-state index contributed by atoms with van der Waals surface area (Å²) in [7, 11) is -16.2. The Balaban J connectivity index is -0.0000000209. The van der Waals surface area contributed by atoms with Gasteiger partial charge in [0.15, 0.2) is 0 Å². The van der Waals surface area contributed by atoms with Crippen LogP contribution in [0.3, 0.4) is 0 Å². The Morgan fingerprint density at radius 1 is 0.355 bits per heavy atom. The van der Waals surface area contributed by atoms with Crippen LogP contribution in [0.4, 0.5) is 0 Å². The third kappa shape index (κ3) is 375000000. The van der Waals surface area contributed by atoms with Gasteiger partial charge in [-0.3, -0.25) is 0 Å². The largest absolute Gasteiger partial charge is 3.00 e. The van der Waals surface area contributed by atoms with E-state index in [-0.39, 0.29) is 68.3 Å². The SMILES string of the molecule is O=P([O-])([O-])[O-].O=P([O-])([O-])[O-].O=P([O-])([O-])[O-].O=[N+]([O-])[O-].O=[N+]([O-])[O-].O=[N+]([O-])[O-].[Fe+3].[Fe+3].[Fe+3].[Fe+3]. The van der Waals surface area contributed by atoms with Crippen LogP contribution in [0.15, 0.2) is 0 Å². The minimum Gasteiger partial charge on any atom is -0.822 e. The third-order valence-corrected chi connectivity index (χ3v) is 0. The van der Waals surface area contributed by atoms with Gasteiger partial charge in [-0.2, -0.15) is 23.5 Å². The second-order valence-corrected chi connectivity index (χ2v) is 4.70. The summed E-state index contributed by atoms with van der Waals surface area (Å²) >= 11 is 0. The summed E-state index contributed by atoms with van der Waals surface area (Å²) in [6.07, 6.45) is 0. The van der Waals surface area contributed by atoms with Gasteiger partial charge in [-0.1, -0.05) is 0 Å². The maximum absolute atomic E-state index is 8.55. The molecule has 0 aliphatic heterocycles. The molecule has 0 saturated heterocycles. The van der Waals surface area contributed by atoms with Crippen LogP contribution >= 0.6 is 23.5 Å². The molecule has 0 unspecified atom stereocenters. The molecule has 0 saturated carbocycles. The fraction of sp³-hybridized carbons (Fsp3) is 0. The zero-order valence-electron chi connectivity index (χ0n) is 12.7. The molecule has 0 aromatic carbocycles. The Labute approximate surface area is 210 Å². The van der Waals surface area contributed by atoms with Crippen LogP contribution in [0.25, 0.3) is 0 Å². The van der Waals surface area contributed by atoms with E-state index in [1.54, 1.807) is 0 Å². The van der Waals surface area contributed by atoms with E-state index in [0.717, 1.165) is 0 Å². The molecule has 24 nitrogen and oxygen atoms in total. The van der Waals surface area contributed by atoms with E-state index in [2.05, 4.69) is 0 Å². The maximum atomic E-state index is 8.55. The van der Waals surface area contributed by atoms with Gasteiger partial charge in [0.05, 0.1) is 15.3 Å². The van der Waals surface area contributed by atoms with Crippen LogP contribution in [0.1, 0.15) is 0 Å². The van der Waals surface area contributed by atoms with Gasteiger partial charge in [-0.05, 0) is 0 Å². The molecule has 0 rings (SSSR count). The standard InChI is InChI=1S/4Fe.3NO3.3H3O4P/c;;;;3*2-1(3)4;3*1-5(2,3)4/h;;;;;;;3*(H3,1,2,3,4)/q4*+3;3*-1;;;/p-9. The van der Waals surface area contributed by atoms with Crippen molar-refractivity contribution >= 4 is 23.5 Å². The quantitative estimate of drug-likeness (QED) is 0.0982. The molecule has 0 N–H and O–H groups in total. The number of hydrogen-bond donors (Lipinski definition) is 0. The normalized spacial score (nSPS) is 8.03. The molecule has 0 fully saturated rings. The molecule has 0 aromatic rings. The van der Waals surface area contributed by atoms with Crippen molar-refractivity contribution in [3.05, 3.63) is 46.0 Å². The average molecular weight is 694 g/mol. The topological polar surface area (TPSA) is 457 Å². The molecule has 4 radical (unpaired) electrons. The smallest absolute Gasteiger partial charge is 0.822 e. The van der Waals surface area contributed by atoms with E-state index in [4.69, 9.17) is 104 Å². The van der Waals surface area contributed by atoms with Crippen molar-refractivity contribution in [3.8, 4) is 0 Å². The van der Waals surface area contributed by atoms with Crippen LogP contribution in [0, 0.1) is 46.0 Å². The summed E-state index contributed by atoms with van der Waals surface area (Å²) in [5.41, 5.74) is 0. The molecule has 31 heavy (non-hydrogen) atoms. The van der Waals surface area contributed by atoms with Crippen LogP contribution < -0.4 is 44.0 Å². The van der Waals surface area contributed by atoms with Crippen molar-refractivity contribution in [1.29, 1.82) is 0 Å². The zero-order valence-corrected chi connectivity index (χ0v) is 19.8. The molecular weight excluding hydrogens is 694 g/mol. The Kier molecular flexibility index (Phi) is 70.6. The van der Waals surface area contributed by atoms with Crippen molar-refractivity contribution in [2.24, 2.45) is 0 Å². The van der Waals surface area contributed by atoms with Crippen LogP contribution in [-0.4, -0.2) is 15.3 Å². The van der Waals surface area contributed by atoms with E-state index in [9.17, 15) is 0 Å². The van der Waals surface area contributed by atoms with E-state index >= 15 is 0 Å². The predicted molar refractivity (Wildman–Crippen MR) is 53.9 cm³/mol. The third-order valence-electron chi connectivity index (χ3n) is 0. The van der Waals surface area contributed by atoms with Gasteiger partial charge >= 0.3 is 68.3 Å². The number of phosphoric acid groups is 3. The molecule has 0 amide bonds. The van der Waals surface area contributed by atoms with Crippen LogP contribution in [0.5, 0.6) is 0 Å². The summed E-state index contributed by atoms with van der Waals surface area (Å²) < 4.78 is 25.6. The molecular formula is Fe4N3O21P3. The van der Waals surface area contributed by atoms with Gasteiger partial charge in [-0.15, -0.1) is 0 Å². The van der Waals surface area contributed by atoms with E-state index < -0.39 is 38.7 Å². The van der Waals surface area contributed by atoms with Gasteiger partial charge in [0.2, 0.25) is 0 Å². The van der Waals surface area contributed by atoms with Gasteiger partial charge in [0.1, 0.15) is 0 Å². The summed E-state index contributed by atoms with van der Waals surface area (Å²) in [5, 5.41) is 44.2. The Hall–Kier alpha value is 0.00792. The van der Waals surface area contributed by atoms with E-state index in [1.807, 2.05) is 0 Å². The van der Waals surface area contributed by atoms with Crippen molar-refractivity contribution in [3.63, 3.8) is 0 Å². The first-order valence-corrected chi connectivity index (χ1v) is 8.22. The number of rotatable bonds is 0. The predicted octanol–water partition coefficient (Wildman–Crippen LogP) is -9.20. The van der Waals surface area contributed by atoms with Crippen LogP contribution in [-0.2, 0) is 82.0 Å². The average Bonchev–Trinajstić information content (AvgIpc) is 2.01. The minimum absolute atomic E-state index is 0. The van der Waals surface area contributed by atoms with Gasteiger partial charge < -0.3 is 104 Å². The van der Waals surface area contributed by atoms with Crippen molar-refractivity contribution in [1.82, 2.24) is 0 Å². The minimum atomic E-state index is -5.39. The molecule has 0 spiro atoms. The summed E-state index contributed by atoms with van der Waals surface area (Å²) in [6.45, 7) is 0. The molecule has 0 aliphatic rings. The monoisotopic (exact) mass is 695 g/mol. The molecule has 31 heteroatoms. The second-order valence-electron chi connectivity index (χ2n) is 2.01. The van der Waals surface area contributed by atoms with E-state index in [1.165, 1.54) is 0 Å². The summed E-state index contributed by atoms with van der Waals surface area (Å²) in [5.74, 6) is 0. The van der Waals surface area contributed by atoms with Gasteiger partial charge in [-0.25, -0.2) is 0 Å². The van der Waals surface area contributed by atoms with Gasteiger partial charge in [0, 0.05) is 0 Å². The Morgan fingerprint density at radius 2 is 0.355 bits per heavy atom. The summed E-state index contributed by atoms with van der Waals surface area (Å²) in [6, 6.07) is 0. The molecule has 0 heterocycles. The van der Waals surface area contributed by atoms with Crippen molar-refractivity contribution in [2.75, 3.05) is 0 Å². The molecule has 0 atom stereocenters. The first-order chi connectivity index (χ1) is 11.2. The second kappa shape index (κ2) is 34.6. The zero-order chi connectivity index (χ0) is 24.2.